The Morgan fingerprint density at radius 3 is 2.65 bits per heavy atom. The van der Waals surface area contributed by atoms with Gasteiger partial charge in [-0.2, -0.15) is 5.10 Å². The number of aryl methyl sites for hydroxylation is 1. The van der Waals surface area contributed by atoms with Crippen molar-refractivity contribution in [2.45, 2.75) is 13.0 Å². The molecule has 90 valence electrons. The number of anilines is 1. The van der Waals surface area contributed by atoms with Crippen molar-refractivity contribution in [2.24, 2.45) is 7.05 Å². The number of hydrogen-bond acceptors (Lipinski definition) is 2. The zero-order valence-electron chi connectivity index (χ0n) is 9.61. The standard InChI is InChI=1S/C12H13F2N3/c1-8(16-10-6-15-17(2)7-10)9-3-4-11(13)12(14)5-9/h3-8,16H,1-2H3. The van der Waals surface area contributed by atoms with E-state index in [2.05, 4.69) is 10.4 Å². The molecule has 2 rings (SSSR count). The summed E-state index contributed by atoms with van der Waals surface area (Å²) in [6.07, 6.45) is 3.49. The lowest BCUT2D eigenvalue weighted by molar-refractivity contribution is 0.506. The van der Waals surface area contributed by atoms with Crippen LogP contribution in [0.25, 0.3) is 0 Å². The van der Waals surface area contributed by atoms with E-state index in [0.29, 0.717) is 5.56 Å². The van der Waals surface area contributed by atoms with Crippen LogP contribution in [-0.4, -0.2) is 9.78 Å². The molecule has 0 radical (unpaired) electrons. The molecule has 1 atom stereocenters. The van der Waals surface area contributed by atoms with Crippen molar-refractivity contribution >= 4 is 5.69 Å². The number of benzene rings is 1. The Labute approximate surface area is 98.1 Å². The van der Waals surface area contributed by atoms with Crippen molar-refractivity contribution < 1.29 is 8.78 Å². The quantitative estimate of drug-likeness (QED) is 0.889. The first-order chi connectivity index (χ1) is 8.06. The van der Waals surface area contributed by atoms with Gasteiger partial charge in [0, 0.05) is 19.3 Å². The van der Waals surface area contributed by atoms with Crippen LogP contribution >= 0.6 is 0 Å². The van der Waals surface area contributed by atoms with E-state index in [-0.39, 0.29) is 6.04 Å². The van der Waals surface area contributed by atoms with E-state index >= 15 is 0 Å². The highest BCUT2D eigenvalue weighted by Crippen LogP contribution is 2.20. The molecule has 1 N–H and O–H groups in total. The maximum Gasteiger partial charge on any atom is 0.159 e. The summed E-state index contributed by atoms with van der Waals surface area (Å²) in [6.45, 7) is 1.87. The zero-order chi connectivity index (χ0) is 12.4. The molecule has 0 aliphatic rings. The third kappa shape index (κ3) is 2.61. The summed E-state index contributed by atoms with van der Waals surface area (Å²) in [5, 5.41) is 7.17. The van der Waals surface area contributed by atoms with Crippen LogP contribution in [0.15, 0.2) is 30.6 Å². The van der Waals surface area contributed by atoms with Crippen LogP contribution in [-0.2, 0) is 7.05 Å². The van der Waals surface area contributed by atoms with Gasteiger partial charge in [0.2, 0.25) is 0 Å². The average Bonchev–Trinajstić information content (AvgIpc) is 2.68. The highest BCUT2D eigenvalue weighted by molar-refractivity contribution is 5.41. The molecule has 0 aliphatic carbocycles. The lowest BCUT2D eigenvalue weighted by Gasteiger charge is -2.14. The van der Waals surface area contributed by atoms with Gasteiger partial charge < -0.3 is 5.32 Å². The predicted molar refractivity (Wildman–Crippen MR) is 61.6 cm³/mol. The Hall–Kier alpha value is -1.91. The fourth-order valence-electron chi connectivity index (χ4n) is 1.61. The third-order valence-corrected chi connectivity index (χ3v) is 2.53. The summed E-state index contributed by atoms with van der Waals surface area (Å²) in [5.74, 6) is -1.66. The zero-order valence-corrected chi connectivity index (χ0v) is 9.61. The summed E-state index contributed by atoms with van der Waals surface area (Å²) < 4.78 is 27.5. The van der Waals surface area contributed by atoms with Crippen molar-refractivity contribution in [3.8, 4) is 0 Å². The smallest absolute Gasteiger partial charge is 0.159 e. The normalized spacial score (nSPS) is 12.5. The van der Waals surface area contributed by atoms with Crippen LogP contribution in [0.4, 0.5) is 14.5 Å². The summed E-state index contributed by atoms with van der Waals surface area (Å²) in [4.78, 5) is 0. The molecule has 0 aliphatic heterocycles. The van der Waals surface area contributed by atoms with E-state index in [1.54, 1.807) is 16.9 Å². The molecular weight excluding hydrogens is 224 g/mol. The van der Waals surface area contributed by atoms with Crippen LogP contribution in [0.1, 0.15) is 18.5 Å². The number of nitrogens with one attached hydrogen (secondary N) is 1. The van der Waals surface area contributed by atoms with Gasteiger partial charge in [-0.25, -0.2) is 8.78 Å². The van der Waals surface area contributed by atoms with Gasteiger partial charge in [0.15, 0.2) is 11.6 Å². The van der Waals surface area contributed by atoms with Gasteiger partial charge >= 0.3 is 0 Å². The Morgan fingerprint density at radius 1 is 1.29 bits per heavy atom. The van der Waals surface area contributed by atoms with Crippen molar-refractivity contribution in [1.82, 2.24) is 9.78 Å². The molecule has 1 aromatic carbocycles. The van der Waals surface area contributed by atoms with Gasteiger partial charge in [0.05, 0.1) is 11.9 Å². The molecule has 1 heterocycles. The summed E-state index contributed by atoms with van der Waals surface area (Å²) >= 11 is 0. The molecule has 0 saturated carbocycles. The van der Waals surface area contributed by atoms with Gasteiger partial charge in [-0.3, -0.25) is 4.68 Å². The van der Waals surface area contributed by atoms with Crippen LogP contribution in [0, 0.1) is 11.6 Å². The lowest BCUT2D eigenvalue weighted by Crippen LogP contribution is -2.06. The SMILES string of the molecule is CC(Nc1cnn(C)c1)c1ccc(F)c(F)c1. The van der Waals surface area contributed by atoms with Crippen molar-refractivity contribution in [1.29, 1.82) is 0 Å². The molecular formula is C12H13F2N3. The first-order valence-corrected chi connectivity index (χ1v) is 5.26. The molecule has 2 aromatic rings. The number of rotatable bonds is 3. The molecule has 0 bridgehead atoms. The fraction of sp³-hybridized carbons (Fsp3) is 0.250. The van der Waals surface area contributed by atoms with E-state index in [9.17, 15) is 8.78 Å². The lowest BCUT2D eigenvalue weighted by atomic mass is 10.1. The van der Waals surface area contributed by atoms with Gasteiger partial charge in [-0.05, 0) is 24.6 Å². The average molecular weight is 237 g/mol. The molecule has 5 heteroatoms. The van der Waals surface area contributed by atoms with E-state index in [1.165, 1.54) is 6.07 Å². The Morgan fingerprint density at radius 2 is 2.06 bits per heavy atom. The van der Waals surface area contributed by atoms with Crippen molar-refractivity contribution in [3.05, 3.63) is 47.8 Å². The van der Waals surface area contributed by atoms with Crippen LogP contribution < -0.4 is 5.32 Å². The van der Waals surface area contributed by atoms with Gasteiger partial charge in [0.1, 0.15) is 0 Å². The van der Waals surface area contributed by atoms with Crippen molar-refractivity contribution in [3.63, 3.8) is 0 Å². The molecule has 1 unspecified atom stereocenters. The molecule has 3 nitrogen and oxygen atoms in total. The highest BCUT2D eigenvalue weighted by atomic mass is 19.2. The van der Waals surface area contributed by atoms with Gasteiger partial charge in [0.25, 0.3) is 0 Å². The van der Waals surface area contributed by atoms with Gasteiger partial charge in [-0.15, -0.1) is 0 Å². The number of aromatic nitrogens is 2. The minimum Gasteiger partial charge on any atom is -0.376 e. The van der Waals surface area contributed by atoms with Crippen molar-refractivity contribution in [2.75, 3.05) is 5.32 Å². The number of nitrogens with zero attached hydrogens (tertiary/aromatic N) is 2. The second kappa shape index (κ2) is 4.53. The van der Waals surface area contributed by atoms with Gasteiger partial charge in [-0.1, -0.05) is 6.07 Å². The first kappa shape index (κ1) is 11.6. The minimum absolute atomic E-state index is 0.116. The second-order valence-corrected chi connectivity index (χ2v) is 3.94. The summed E-state index contributed by atoms with van der Waals surface area (Å²) in [5.41, 5.74) is 1.53. The number of halogens is 2. The maximum absolute atomic E-state index is 13.1. The largest absolute Gasteiger partial charge is 0.376 e. The van der Waals surface area contributed by atoms with Crippen LogP contribution in [0.3, 0.4) is 0 Å². The van der Waals surface area contributed by atoms with E-state index < -0.39 is 11.6 Å². The summed E-state index contributed by atoms with van der Waals surface area (Å²) in [7, 11) is 1.81. The first-order valence-electron chi connectivity index (χ1n) is 5.26. The van der Waals surface area contributed by atoms with E-state index in [0.717, 1.165) is 11.8 Å². The van der Waals surface area contributed by atoms with E-state index in [1.807, 2.05) is 20.2 Å². The summed E-state index contributed by atoms with van der Waals surface area (Å²) in [6, 6.07) is 3.77. The van der Waals surface area contributed by atoms with Crippen LogP contribution in [0.2, 0.25) is 0 Å². The molecule has 0 spiro atoms. The van der Waals surface area contributed by atoms with E-state index in [4.69, 9.17) is 0 Å². The van der Waals surface area contributed by atoms with Crippen LogP contribution in [0.5, 0.6) is 0 Å². The highest BCUT2D eigenvalue weighted by Gasteiger charge is 2.09. The second-order valence-electron chi connectivity index (χ2n) is 3.94. The number of hydrogen-bond donors (Lipinski definition) is 1. The minimum atomic E-state index is -0.831. The third-order valence-electron chi connectivity index (χ3n) is 2.53. The maximum atomic E-state index is 13.1. The monoisotopic (exact) mass is 237 g/mol. The molecule has 1 aromatic heterocycles. The Bertz CT molecular complexity index is 522. The predicted octanol–water partition coefficient (Wildman–Crippen LogP) is 2.87. The Kier molecular flexibility index (Phi) is 3.08. The molecule has 0 amide bonds. The fourth-order valence-corrected chi connectivity index (χ4v) is 1.61. The Balaban J connectivity index is 2.14. The molecule has 0 saturated heterocycles. The molecule has 0 fully saturated rings. The topological polar surface area (TPSA) is 29.9 Å². The molecule has 17 heavy (non-hydrogen) atoms.